The summed E-state index contributed by atoms with van der Waals surface area (Å²) < 4.78 is 5.34. The van der Waals surface area contributed by atoms with Gasteiger partial charge in [-0.3, -0.25) is 9.69 Å². The molecule has 170 valence electrons. The maximum absolute atomic E-state index is 12.5. The van der Waals surface area contributed by atoms with Crippen LogP contribution in [0.15, 0.2) is 29.3 Å². The SMILES string of the molecule is CCNC(=NCC1(O)CCc2ccccc21)N1CCN(CC(=O)N2CCOCC2)CC1. The number of piperazine rings is 1. The summed E-state index contributed by atoms with van der Waals surface area (Å²) in [6.07, 6.45) is 1.61. The third-order valence-corrected chi connectivity index (χ3v) is 6.55. The Kier molecular flexibility index (Phi) is 7.09. The Hall–Kier alpha value is -2.16. The van der Waals surface area contributed by atoms with Crippen molar-refractivity contribution >= 4 is 11.9 Å². The minimum atomic E-state index is -0.885. The summed E-state index contributed by atoms with van der Waals surface area (Å²) in [4.78, 5) is 23.7. The average molecular weight is 430 g/mol. The standard InChI is InChI=1S/C23H35N5O3/c1-2-24-22(25-18-23(30)8-7-19-5-3-4-6-20(19)23)28-11-9-26(10-12-28)17-21(29)27-13-15-31-16-14-27/h3-6,30H,2,7-18H2,1H3,(H,24,25). The summed E-state index contributed by atoms with van der Waals surface area (Å²) in [6.45, 7) is 9.63. The van der Waals surface area contributed by atoms with Gasteiger partial charge in [0.2, 0.25) is 5.91 Å². The van der Waals surface area contributed by atoms with Crippen molar-refractivity contribution in [2.24, 2.45) is 4.99 Å². The van der Waals surface area contributed by atoms with Crippen LogP contribution in [0.3, 0.4) is 0 Å². The van der Waals surface area contributed by atoms with Gasteiger partial charge in [0.25, 0.3) is 0 Å². The number of rotatable bonds is 5. The van der Waals surface area contributed by atoms with Crippen LogP contribution in [0.2, 0.25) is 0 Å². The molecule has 1 aliphatic carbocycles. The first-order valence-electron chi connectivity index (χ1n) is 11.5. The van der Waals surface area contributed by atoms with E-state index in [2.05, 4.69) is 28.1 Å². The Labute approximate surface area is 184 Å². The molecule has 1 amide bonds. The molecule has 2 saturated heterocycles. The molecule has 0 aromatic heterocycles. The van der Waals surface area contributed by atoms with Crippen LogP contribution in [0.5, 0.6) is 0 Å². The quantitative estimate of drug-likeness (QED) is 0.516. The van der Waals surface area contributed by atoms with Crippen molar-refractivity contribution < 1.29 is 14.6 Å². The Bertz CT molecular complexity index is 787. The third-order valence-electron chi connectivity index (χ3n) is 6.55. The van der Waals surface area contributed by atoms with Crippen molar-refractivity contribution in [3.05, 3.63) is 35.4 Å². The van der Waals surface area contributed by atoms with Gasteiger partial charge < -0.3 is 25.0 Å². The zero-order chi connectivity index (χ0) is 21.7. The van der Waals surface area contributed by atoms with E-state index in [9.17, 15) is 9.90 Å². The molecule has 0 spiro atoms. The number of nitrogens with zero attached hydrogens (tertiary/aromatic N) is 4. The second kappa shape index (κ2) is 9.97. The van der Waals surface area contributed by atoms with Gasteiger partial charge in [-0.05, 0) is 30.9 Å². The molecule has 8 nitrogen and oxygen atoms in total. The molecule has 2 N–H and O–H groups in total. The molecule has 2 fully saturated rings. The Morgan fingerprint density at radius 2 is 1.87 bits per heavy atom. The fourth-order valence-corrected chi connectivity index (χ4v) is 4.69. The normalized spacial score (nSPS) is 24.9. The molecular weight excluding hydrogens is 394 g/mol. The van der Waals surface area contributed by atoms with Gasteiger partial charge in [0, 0.05) is 45.8 Å². The molecule has 1 unspecified atom stereocenters. The van der Waals surface area contributed by atoms with E-state index >= 15 is 0 Å². The first-order chi connectivity index (χ1) is 15.1. The molecule has 0 saturated carbocycles. The first-order valence-corrected chi connectivity index (χ1v) is 11.5. The van der Waals surface area contributed by atoms with Crippen LogP contribution in [0.1, 0.15) is 24.5 Å². The fraction of sp³-hybridized carbons (Fsp3) is 0.652. The van der Waals surface area contributed by atoms with Crippen LogP contribution in [0.4, 0.5) is 0 Å². The number of benzene rings is 1. The molecule has 1 aromatic rings. The van der Waals surface area contributed by atoms with Crippen molar-refractivity contribution in [1.82, 2.24) is 20.0 Å². The molecule has 0 radical (unpaired) electrons. The van der Waals surface area contributed by atoms with E-state index in [1.807, 2.05) is 23.1 Å². The lowest BCUT2D eigenvalue weighted by Gasteiger charge is -2.37. The minimum Gasteiger partial charge on any atom is -0.383 e. The van der Waals surface area contributed by atoms with E-state index < -0.39 is 5.60 Å². The summed E-state index contributed by atoms with van der Waals surface area (Å²) >= 11 is 0. The van der Waals surface area contributed by atoms with Gasteiger partial charge in [-0.1, -0.05) is 24.3 Å². The number of guanidine groups is 1. The van der Waals surface area contributed by atoms with Crippen molar-refractivity contribution in [3.63, 3.8) is 0 Å². The number of morpholine rings is 1. The first kappa shape index (κ1) is 22.0. The van der Waals surface area contributed by atoms with E-state index in [0.29, 0.717) is 45.8 Å². The lowest BCUT2D eigenvalue weighted by Crippen LogP contribution is -2.55. The monoisotopic (exact) mass is 429 g/mol. The Morgan fingerprint density at radius 3 is 2.61 bits per heavy atom. The van der Waals surface area contributed by atoms with Gasteiger partial charge in [-0.15, -0.1) is 0 Å². The second-order valence-corrected chi connectivity index (χ2v) is 8.62. The summed E-state index contributed by atoms with van der Waals surface area (Å²) in [5.74, 6) is 1.04. The summed E-state index contributed by atoms with van der Waals surface area (Å²) in [5, 5.41) is 14.6. The van der Waals surface area contributed by atoms with E-state index in [-0.39, 0.29) is 5.91 Å². The number of fused-ring (bicyclic) bond motifs is 1. The van der Waals surface area contributed by atoms with Crippen molar-refractivity contribution in [1.29, 1.82) is 0 Å². The smallest absolute Gasteiger partial charge is 0.236 e. The third kappa shape index (κ3) is 5.19. The van der Waals surface area contributed by atoms with E-state index in [4.69, 9.17) is 9.73 Å². The average Bonchev–Trinajstić information content (AvgIpc) is 3.15. The number of aliphatic hydroxyl groups is 1. The summed E-state index contributed by atoms with van der Waals surface area (Å²) in [5.41, 5.74) is 1.36. The lowest BCUT2D eigenvalue weighted by atomic mass is 9.96. The predicted molar refractivity (Wildman–Crippen MR) is 120 cm³/mol. The number of ether oxygens (including phenoxy) is 1. The van der Waals surface area contributed by atoms with Crippen molar-refractivity contribution in [2.75, 3.05) is 72.1 Å². The number of aryl methyl sites for hydroxylation is 1. The zero-order valence-corrected chi connectivity index (χ0v) is 18.6. The summed E-state index contributed by atoms with van der Waals surface area (Å²) in [6, 6.07) is 8.14. The molecule has 8 heteroatoms. The topological polar surface area (TPSA) is 80.6 Å². The number of aliphatic imine (C=N–C) groups is 1. The van der Waals surface area contributed by atoms with Gasteiger partial charge in [0.1, 0.15) is 5.60 Å². The molecule has 2 aliphatic heterocycles. The molecule has 4 rings (SSSR count). The zero-order valence-electron chi connectivity index (χ0n) is 18.6. The Morgan fingerprint density at radius 1 is 1.13 bits per heavy atom. The van der Waals surface area contributed by atoms with E-state index in [1.165, 1.54) is 5.56 Å². The molecule has 1 atom stereocenters. The van der Waals surface area contributed by atoms with E-state index in [0.717, 1.165) is 50.7 Å². The Balaban J connectivity index is 1.33. The lowest BCUT2D eigenvalue weighted by molar-refractivity contribution is -0.136. The van der Waals surface area contributed by atoms with Gasteiger partial charge in [0.15, 0.2) is 5.96 Å². The maximum atomic E-state index is 12.5. The molecule has 1 aromatic carbocycles. The molecule has 31 heavy (non-hydrogen) atoms. The highest BCUT2D eigenvalue weighted by molar-refractivity contribution is 5.80. The minimum absolute atomic E-state index is 0.194. The second-order valence-electron chi connectivity index (χ2n) is 8.62. The highest BCUT2D eigenvalue weighted by Gasteiger charge is 2.36. The van der Waals surface area contributed by atoms with Gasteiger partial charge in [0.05, 0.1) is 26.3 Å². The van der Waals surface area contributed by atoms with Gasteiger partial charge >= 0.3 is 0 Å². The number of nitrogens with one attached hydrogen (secondary N) is 1. The van der Waals surface area contributed by atoms with Crippen molar-refractivity contribution in [2.45, 2.75) is 25.4 Å². The maximum Gasteiger partial charge on any atom is 0.236 e. The fourth-order valence-electron chi connectivity index (χ4n) is 4.69. The molecule has 0 bridgehead atoms. The van der Waals surface area contributed by atoms with Crippen molar-refractivity contribution in [3.8, 4) is 0 Å². The molecule has 3 aliphatic rings. The van der Waals surface area contributed by atoms with Crippen LogP contribution in [0, 0.1) is 0 Å². The van der Waals surface area contributed by atoms with E-state index in [1.54, 1.807) is 0 Å². The van der Waals surface area contributed by atoms with Gasteiger partial charge in [-0.2, -0.15) is 0 Å². The van der Waals surface area contributed by atoms with Crippen LogP contribution in [0.25, 0.3) is 0 Å². The summed E-state index contributed by atoms with van der Waals surface area (Å²) in [7, 11) is 0. The largest absolute Gasteiger partial charge is 0.383 e. The van der Waals surface area contributed by atoms with Crippen LogP contribution in [-0.2, 0) is 21.6 Å². The number of amides is 1. The molecular formula is C23H35N5O3. The number of hydrogen-bond acceptors (Lipinski definition) is 5. The molecule has 2 heterocycles. The number of hydrogen-bond donors (Lipinski definition) is 2. The van der Waals surface area contributed by atoms with Crippen LogP contribution >= 0.6 is 0 Å². The van der Waals surface area contributed by atoms with Gasteiger partial charge in [-0.25, -0.2) is 4.99 Å². The predicted octanol–water partition coefficient (Wildman–Crippen LogP) is 0.262. The number of carbonyl (C=O) groups is 1. The highest BCUT2D eigenvalue weighted by Crippen LogP contribution is 2.36. The van der Waals surface area contributed by atoms with Crippen LogP contribution < -0.4 is 5.32 Å². The number of carbonyl (C=O) groups excluding carboxylic acids is 1. The highest BCUT2D eigenvalue weighted by atomic mass is 16.5. The van der Waals surface area contributed by atoms with Crippen LogP contribution in [-0.4, -0.2) is 104 Å².